The van der Waals surface area contributed by atoms with Crippen molar-refractivity contribution in [2.45, 2.75) is 33.0 Å². The van der Waals surface area contributed by atoms with Gasteiger partial charge in [-0.25, -0.2) is 0 Å². The van der Waals surface area contributed by atoms with Crippen molar-refractivity contribution < 1.29 is 0 Å². The van der Waals surface area contributed by atoms with Gasteiger partial charge in [-0.1, -0.05) is 24.3 Å². The summed E-state index contributed by atoms with van der Waals surface area (Å²) in [6, 6.07) is 11.4. The Morgan fingerprint density at radius 1 is 1.30 bits per heavy atom. The van der Waals surface area contributed by atoms with Gasteiger partial charge in [0.05, 0.1) is 0 Å². The van der Waals surface area contributed by atoms with Crippen molar-refractivity contribution in [3.8, 4) is 0 Å². The fourth-order valence-corrected chi connectivity index (χ4v) is 2.82. The monoisotopic (exact) mass is 267 g/mol. The highest BCUT2D eigenvalue weighted by Gasteiger charge is 2.18. The van der Waals surface area contributed by atoms with Gasteiger partial charge >= 0.3 is 0 Å². The highest BCUT2D eigenvalue weighted by Crippen LogP contribution is 2.25. The van der Waals surface area contributed by atoms with Gasteiger partial charge in [-0.2, -0.15) is 0 Å². The lowest BCUT2D eigenvalue weighted by atomic mass is 10.1. The number of pyridine rings is 1. The number of nitrogens with one attached hydrogen (secondary N) is 1. The first-order valence-corrected chi connectivity index (χ1v) is 7.19. The minimum Gasteiger partial charge on any atom is -0.365 e. The SMILES string of the molecule is Cc1cncc(CN2CC(C)NCc3ccccc32)c1. The number of hydrogen-bond acceptors (Lipinski definition) is 3. The predicted molar refractivity (Wildman–Crippen MR) is 82.8 cm³/mol. The molecule has 20 heavy (non-hydrogen) atoms. The molecule has 3 heteroatoms. The fraction of sp³-hybridized carbons (Fsp3) is 0.353. The maximum Gasteiger partial charge on any atom is 0.0445 e. The Morgan fingerprint density at radius 3 is 3.00 bits per heavy atom. The highest BCUT2D eigenvalue weighted by molar-refractivity contribution is 5.55. The van der Waals surface area contributed by atoms with Crippen molar-refractivity contribution in [3.05, 3.63) is 59.4 Å². The predicted octanol–water partition coefficient (Wildman–Crippen LogP) is 2.89. The van der Waals surface area contributed by atoms with E-state index in [2.05, 4.69) is 59.4 Å². The van der Waals surface area contributed by atoms with Crippen molar-refractivity contribution in [2.24, 2.45) is 0 Å². The number of fused-ring (bicyclic) bond motifs is 1. The lowest BCUT2D eigenvalue weighted by Gasteiger charge is -2.26. The van der Waals surface area contributed by atoms with Crippen molar-refractivity contribution in [1.29, 1.82) is 0 Å². The number of nitrogens with zero attached hydrogens (tertiary/aromatic N) is 2. The van der Waals surface area contributed by atoms with E-state index < -0.39 is 0 Å². The smallest absolute Gasteiger partial charge is 0.0445 e. The zero-order valence-electron chi connectivity index (χ0n) is 12.1. The average molecular weight is 267 g/mol. The Bertz CT molecular complexity index is 594. The molecule has 1 N–H and O–H groups in total. The summed E-state index contributed by atoms with van der Waals surface area (Å²) in [5.74, 6) is 0. The van der Waals surface area contributed by atoms with Gasteiger partial charge in [0.15, 0.2) is 0 Å². The third-order valence-corrected chi connectivity index (χ3v) is 3.77. The Labute approximate surface area is 120 Å². The van der Waals surface area contributed by atoms with Gasteiger partial charge in [0.1, 0.15) is 0 Å². The summed E-state index contributed by atoms with van der Waals surface area (Å²) in [4.78, 5) is 6.76. The molecule has 0 amide bonds. The Balaban J connectivity index is 1.90. The molecular formula is C17H21N3. The Morgan fingerprint density at radius 2 is 2.15 bits per heavy atom. The molecule has 0 saturated heterocycles. The second-order valence-electron chi connectivity index (χ2n) is 5.66. The van der Waals surface area contributed by atoms with Crippen molar-refractivity contribution in [1.82, 2.24) is 10.3 Å². The third kappa shape index (κ3) is 2.83. The van der Waals surface area contributed by atoms with E-state index >= 15 is 0 Å². The molecule has 0 bridgehead atoms. The second-order valence-corrected chi connectivity index (χ2v) is 5.66. The molecule has 104 valence electrons. The van der Waals surface area contributed by atoms with Crippen LogP contribution in [0.2, 0.25) is 0 Å². The van der Waals surface area contributed by atoms with Crippen LogP contribution in [0.1, 0.15) is 23.6 Å². The van der Waals surface area contributed by atoms with Gasteiger partial charge < -0.3 is 10.2 Å². The summed E-state index contributed by atoms with van der Waals surface area (Å²) in [7, 11) is 0. The summed E-state index contributed by atoms with van der Waals surface area (Å²) in [6.45, 7) is 7.22. The van der Waals surface area contributed by atoms with Gasteiger partial charge in [0.25, 0.3) is 0 Å². The van der Waals surface area contributed by atoms with Crippen LogP contribution in [0.4, 0.5) is 5.69 Å². The van der Waals surface area contributed by atoms with Crippen molar-refractivity contribution in [3.63, 3.8) is 0 Å². The van der Waals surface area contributed by atoms with Crippen LogP contribution in [0.15, 0.2) is 42.7 Å². The first-order valence-electron chi connectivity index (χ1n) is 7.19. The van der Waals surface area contributed by atoms with E-state index in [1.165, 1.54) is 22.4 Å². The molecule has 2 aromatic rings. The quantitative estimate of drug-likeness (QED) is 0.907. The van der Waals surface area contributed by atoms with Crippen LogP contribution in [0.5, 0.6) is 0 Å². The van der Waals surface area contributed by atoms with Crippen LogP contribution in [0.25, 0.3) is 0 Å². The molecule has 0 aliphatic carbocycles. The average Bonchev–Trinajstić information content (AvgIpc) is 2.59. The number of rotatable bonds is 2. The van der Waals surface area contributed by atoms with Gasteiger partial charge in [0.2, 0.25) is 0 Å². The van der Waals surface area contributed by atoms with Crippen LogP contribution in [0.3, 0.4) is 0 Å². The van der Waals surface area contributed by atoms with E-state index in [1.54, 1.807) is 0 Å². The van der Waals surface area contributed by atoms with Crippen molar-refractivity contribution in [2.75, 3.05) is 11.4 Å². The number of aryl methyl sites for hydroxylation is 1. The number of benzene rings is 1. The Hall–Kier alpha value is -1.87. The molecule has 0 radical (unpaired) electrons. The summed E-state index contributed by atoms with van der Waals surface area (Å²) in [6.07, 6.45) is 3.88. The molecule has 0 fully saturated rings. The maximum absolute atomic E-state index is 4.31. The first kappa shape index (κ1) is 13.1. The lowest BCUT2D eigenvalue weighted by Crippen LogP contribution is -2.35. The van der Waals surface area contributed by atoms with E-state index in [4.69, 9.17) is 0 Å². The standard InChI is InChI=1S/C17H21N3/c1-13-7-15(9-18-8-13)12-20-11-14(2)19-10-16-5-3-4-6-17(16)20/h3-9,14,19H,10-12H2,1-2H3. The van der Waals surface area contributed by atoms with Crippen LogP contribution in [0, 0.1) is 6.92 Å². The Kier molecular flexibility index (Phi) is 3.70. The molecule has 3 rings (SSSR count). The molecule has 0 spiro atoms. The molecule has 1 aromatic heterocycles. The van der Waals surface area contributed by atoms with Crippen LogP contribution in [-0.2, 0) is 13.1 Å². The van der Waals surface area contributed by atoms with E-state index in [-0.39, 0.29) is 0 Å². The molecule has 1 aliphatic rings. The molecule has 1 aliphatic heterocycles. The summed E-state index contributed by atoms with van der Waals surface area (Å²) < 4.78 is 0. The molecular weight excluding hydrogens is 246 g/mol. The minimum atomic E-state index is 0.486. The lowest BCUT2D eigenvalue weighted by molar-refractivity contribution is 0.552. The van der Waals surface area contributed by atoms with Crippen molar-refractivity contribution >= 4 is 5.69 Å². The van der Waals surface area contributed by atoms with E-state index in [9.17, 15) is 0 Å². The number of para-hydroxylation sites is 1. The van der Waals surface area contributed by atoms with Gasteiger partial charge in [0, 0.05) is 43.8 Å². The zero-order valence-corrected chi connectivity index (χ0v) is 12.1. The normalized spacial score (nSPS) is 18.5. The number of anilines is 1. The van der Waals surface area contributed by atoms with E-state index in [1.807, 2.05) is 12.4 Å². The maximum atomic E-state index is 4.31. The number of aromatic nitrogens is 1. The minimum absolute atomic E-state index is 0.486. The fourth-order valence-electron chi connectivity index (χ4n) is 2.82. The van der Waals surface area contributed by atoms with Gasteiger partial charge in [-0.15, -0.1) is 0 Å². The summed E-state index contributed by atoms with van der Waals surface area (Å²) >= 11 is 0. The van der Waals surface area contributed by atoms with E-state index in [0.717, 1.165) is 19.6 Å². The van der Waals surface area contributed by atoms with Crippen LogP contribution >= 0.6 is 0 Å². The van der Waals surface area contributed by atoms with Crippen LogP contribution < -0.4 is 10.2 Å². The molecule has 1 atom stereocenters. The number of hydrogen-bond donors (Lipinski definition) is 1. The zero-order chi connectivity index (χ0) is 13.9. The molecule has 1 unspecified atom stereocenters. The largest absolute Gasteiger partial charge is 0.365 e. The van der Waals surface area contributed by atoms with Gasteiger partial charge in [-0.3, -0.25) is 4.98 Å². The summed E-state index contributed by atoms with van der Waals surface area (Å²) in [5, 5.41) is 3.57. The molecule has 3 nitrogen and oxygen atoms in total. The molecule has 2 heterocycles. The molecule has 0 saturated carbocycles. The first-order chi connectivity index (χ1) is 9.72. The third-order valence-electron chi connectivity index (χ3n) is 3.77. The van der Waals surface area contributed by atoms with E-state index in [0.29, 0.717) is 6.04 Å². The molecule has 1 aromatic carbocycles. The summed E-state index contributed by atoms with van der Waals surface area (Å²) in [5.41, 5.74) is 5.20. The second kappa shape index (κ2) is 5.63. The highest BCUT2D eigenvalue weighted by atomic mass is 15.2. The topological polar surface area (TPSA) is 28.2 Å². The van der Waals surface area contributed by atoms with Gasteiger partial charge in [-0.05, 0) is 36.6 Å². The van der Waals surface area contributed by atoms with Crippen LogP contribution in [-0.4, -0.2) is 17.6 Å².